The Hall–Kier alpha value is -2.69. The van der Waals surface area contributed by atoms with Gasteiger partial charge in [0.05, 0.1) is 34.7 Å². The Morgan fingerprint density at radius 1 is 0.783 bits per heavy atom. The monoisotopic (exact) mass is 899 g/mol. The number of aliphatic hydroxyl groups excluding tert-OH is 1. The third kappa shape index (κ3) is 15.3. The van der Waals surface area contributed by atoms with Crippen LogP contribution in [0.3, 0.4) is 0 Å². The number of halogens is 2. The van der Waals surface area contributed by atoms with Crippen molar-refractivity contribution in [2.45, 2.75) is 92.2 Å². The molecule has 2 aromatic carbocycles. The van der Waals surface area contributed by atoms with E-state index in [0.29, 0.717) is 57.1 Å². The zero-order valence-electron chi connectivity index (χ0n) is 35.6. The molecule has 14 nitrogen and oxygen atoms in total. The number of rotatable bonds is 5. The van der Waals surface area contributed by atoms with Gasteiger partial charge in [-0.05, 0) is 99.9 Å². The summed E-state index contributed by atoms with van der Waals surface area (Å²) >= 11 is 11.1. The summed E-state index contributed by atoms with van der Waals surface area (Å²) in [4.78, 5) is 12.4. The Balaban J connectivity index is 0.000000269. The van der Waals surface area contributed by atoms with Crippen LogP contribution < -0.4 is 29.5 Å². The second-order valence-electron chi connectivity index (χ2n) is 15.1. The summed E-state index contributed by atoms with van der Waals surface area (Å²) in [7, 11) is -6.16. The first-order valence-corrected chi connectivity index (χ1v) is 24.0. The molecule has 0 amide bonds. The zero-order valence-corrected chi connectivity index (χ0v) is 37.7. The Bertz CT molecular complexity index is 2070. The number of nitrogens with zero attached hydrogens (tertiary/aromatic N) is 2. The van der Waals surface area contributed by atoms with Crippen molar-refractivity contribution in [2.75, 3.05) is 38.9 Å². The second-order valence-corrected chi connectivity index (χ2v) is 20.0. The van der Waals surface area contributed by atoms with Gasteiger partial charge in [0.15, 0.2) is 19.7 Å². The van der Waals surface area contributed by atoms with Gasteiger partial charge in [-0.15, -0.1) is 0 Å². The van der Waals surface area contributed by atoms with Crippen molar-refractivity contribution in [3.63, 3.8) is 0 Å². The summed E-state index contributed by atoms with van der Waals surface area (Å²) < 4.78 is 53.7. The number of esters is 1. The summed E-state index contributed by atoms with van der Waals surface area (Å²) in [5.41, 5.74) is 5.03. The van der Waals surface area contributed by atoms with Gasteiger partial charge in [0.25, 0.3) is 0 Å². The van der Waals surface area contributed by atoms with Crippen molar-refractivity contribution in [3.05, 3.63) is 93.5 Å². The molecule has 3 saturated heterocycles. The average molecular weight is 901 g/mol. The Morgan fingerprint density at radius 3 is 1.63 bits per heavy atom. The van der Waals surface area contributed by atoms with Crippen molar-refractivity contribution in [3.8, 4) is 0 Å². The van der Waals surface area contributed by atoms with Crippen LogP contribution in [0.4, 0.5) is 0 Å². The SMILES string of the molecule is C1CCOC1.CCOC(=O)C1CC2Cc3[nH]ncc3C(C1)N2.CS(=O)(=O)c1ccc(Cl)cc1.CS(=O)(=O)c1ccc(Cl)cc1.OCC1CC2Cc3[nH]ncc3C(C1)N2.[B].[H-].[Li+]. The Labute approximate surface area is 379 Å². The van der Waals surface area contributed by atoms with E-state index in [2.05, 4.69) is 31.0 Å². The molecule has 0 aliphatic carbocycles. The van der Waals surface area contributed by atoms with E-state index in [1.807, 2.05) is 19.3 Å². The molecule has 6 unspecified atom stereocenters. The molecule has 5 aliphatic heterocycles. The van der Waals surface area contributed by atoms with Crippen LogP contribution in [0.15, 0.2) is 70.7 Å². The summed E-state index contributed by atoms with van der Waals surface area (Å²) in [6.07, 6.45) is 14.5. The molecule has 6 atom stereocenters. The van der Waals surface area contributed by atoms with Crippen LogP contribution in [0, 0.1) is 11.8 Å². The maximum absolute atomic E-state index is 11.8. The molecule has 3 fully saturated rings. The van der Waals surface area contributed by atoms with E-state index >= 15 is 0 Å². The molecule has 9 rings (SSSR count). The van der Waals surface area contributed by atoms with Crippen LogP contribution in [0.25, 0.3) is 0 Å². The predicted molar refractivity (Wildman–Crippen MR) is 229 cm³/mol. The number of H-pyrrole nitrogens is 2. The van der Waals surface area contributed by atoms with Crippen molar-refractivity contribution in [1.29, 1.82) is 0 Å². The van der Waals surface area contributed by atoms with E-state index in [4.69, 9.17) is 32.7 Å². The molecule has 0 saturated carbocycles. The largest absolute Gasteiger partial charge is 1.00 e. The quantitative estimate of drug-likeness (QED) is 0.145. The molecule has 60 heavy (non-hydrogen) atoms. The van der Waals surface area contributed by atoms with Crippen molar-refractivity contribution in [2.24, 2.45) is 11.8 Å². The van der Waals surface area contributed by atoms with Gasteiger partial charge in [-0.3, -0.25) is 15.0 Å². The zero-order chi connectivity index (χ0) is 41.9. The minimum Gasteiger partial charge on any atom is -1.00 e. The molecule has 20 heteroatoms. The third-order valence-electron chi connectivity index (χ3n) is 10.5. The summed E-state index contributed by atoms with van der Waals surface area (Å²) in [6, 6.07) is 13.7. The predicted octanol–water partition coefficient (Wildman–Crippen LogP) is 2.33. The van der Waals surface area contributed by atoms with Gasteiger partial charge in [-0.25, -0.2) is 16.8 Å². The first kappa shape index (κ1) is 51.7. The number of sulfone groups is 2. The molecule has 5 aliphatic rings. The number of ether oxygens (including phenoxy) is 2. The average Bonchev–Trinajstić information content (AvgIpc) is 4.00. The number of fused-ring (bicyclic) bond motifs is 8. The van der Waals surface area contributed by atoms with Crippen molar-refractivity contribution >= 4 is 57.3 Å². The molecular weight excluding hydrogens is 845 g/mol. The van der Waals surface area contributed by atoms with Crippen molar-refractivity contribution in [1.82, 2.24) is 31.0 Å². The topological polar surface area (TPSA) is 205 Å². The van der Waals surface area contributed by atoms with E-state index < -0.39 is 19.7 Å². The fourth-order valence-corrected chi connectivity index (χ4v) is 9.17. The molecular formula is C40H55BCl2LiN6O8S2. The van der Waals surface area contributed by atoms with Gasteiger partial charge in [0.1, 0.15) is 0 Å². The Morgan fingerprint density at radius 2 is 1.23 bits per heavy atom. The first-order chi connectivity index (χ1) is 27.6. The number of aromatic amines is 2. The fourth-order valence-electron chi connectivity index (χ4n) is 7.66. The molecule has 2 aromatic heterocycles. The Kier molecular flexibility index (Phi) is 20.9. The number of piperidine rings is 2. The number of hydrogen-bond donors (Lipinski definition) is 5. The van der Waals surface area contributed by atoms with E-state index in [0.717, 1.165) is 64.3 Å². The van der Waals surface area contributed by atoms with Gasteiger partial charge in [0.2, 0.25) is 0 Å². The van der Waals surface area contributed by atoms with Crippen LogP contribution in [0.1, 0.15) is 81.5 Å². The molecule has 5 N–H and O–H groups in total. The first-order valence-electron chi connectivity index (χ1n) is 19.5. The normalized spacial score (nSPS) is 23.2. The van der Waals surface area contributed by atoms with Gasteiger partial charge < -0.3 is 26.6 Å². The molecule has 0 spiro atoms. The second kappa shape index (κ2) is 24.2. The van der Waals surface area contributed by atoms with Gasteiger partial charge >= 0.3 is 24.8 Å². The number of aliphatic hydroxyl groups is 1. The van der Waals surface area contributed by atoms with Crippen LogP contribution in [0.5, 0.6) is 0 Å². The number of hydrogen-bond acceptors (Lipinski definition) is 12. The maximum atomic E-state index is 11.8. The van der Waals surface area contributed by atoms with Crippen molar-refractivity contribution < 1.29 is 56.5 Å². The van der Waals surface area contributed by atoms with Gasteiger partial charge in [-0.1, -0.05) is 23.2 Å². The van der Waals surface area contributed by atoms with Crippen LogP contribution in [0.2, 0.25) is 10.0 Å². The number of aromatic nitrogens is 4. The number of nitrogens with one attached hydrogen (secondary N) is 4. The molecule has 323 valence electrons. The number of carbonyl (C=O) groups excluding carboxylic acids is 1. The summed E-state index contributed by atoms with van der Waals surface area (Å²) in [5.74, 6) is 0.458. The molecule has 3 radical (unpaired) electrons. The number of benzene rings is 2. The molecule has 4 aromatic rings. The minimum atomic E-state index is -3.08. The van der Waals surface area contributed by atoms with E-state index in [-0.39, 0.29) is 46.6 Å². The van der Waals surface area contributed by atoms with E-state index in [1.165, 1.54) is 59.6 Å². The van der Waals surface area contributed by atoms with Crippen LogP contribution in [-0.4, -0.2) is 108 Å². The van der Waals surface area contributed by atoms with E-state index in [9.17, 15) is 26.7 Å². The minimum absolute atomic E-state index is 0. The van der Waals surface area contributed by atoms with Crippen LogP contribution >= 0.6 is 23.2 Å². The van der Waals surface area contributed by atoms with Crippen LogP contribution in [-0.2, 0) is 46.8 Å². The standard InChI is InChI=1S/C12H17N3O2.C10H15N3O.2C7H7ClO2S.C4H8O.B.Li.H/c1-2-17-12(16)7-3-8-5-11-9(6-13-15-11)10(4-7)14-8;14-5-6-1-7-3-10-8(4-11-13-10)9(2-6)12-7;2*1-11(9,10)7-4-2-6(8)3-5-7;1-2-4-5-3-1;;;/h6-8,10,14H,2-5H2,1H3,(H,13,15);4,6-7,9,12,14H,1-3,5H2,(H,11,13);2*2-5H,1H3;1-4H2;;;/q;;;;;;+1;-1. The number of carbonyl (C=O) groups is 1. The third-order valence-corrected chi connectivity index (χ3v) is 13.3. The van der Waals surface area contributed by atoms with Gasteiger partial charge in [-0.2, -0.15) is 10.2 Å². The van der Waals surface area contributed by atoms with E-state index in [1.54, 1.807) is 24.3 Å². The summed E-state index contributed by atoms with van der Waals surface area (Å²) in [5, 5.41) is 31.7. The van der Waals surface area contributed by atoms with Gasteiger partial charge in [0, 0.05) is 110 Å². The molecule has 7 heterocycles. The summed E-state index contributed by atoms with van der Waals surface area (Å²) in [6.45, 7) is 4.64. The smallest absolute Gasteiger partial charge is 1.00 e. The maximum Gasteiger partial charge on any atom is 1.00 e. The fraction of sp³-hybridized carbons (Fsp3) is 0.525. The molecule has 4 bridgehead atoms.